The van der Waals surface area contributed by atoms with Crippen LogP contribution in [-0.2, 0) is 6.54 Å². The molecule has 0 heterocycles. The zero-order valence-corrected chi connectivity index (χ0v) is 12.2. The van der Waals surface area contributed by atoms with E-state index in [1.165, 1.54) is 18.4 Å². The number of methoxy groups -OCH3 is 1. The van der Waals surface area contributed by atoms with Gasteiger partial charge in [0.2, 0.25) is 0 Å². The van der Waals surface area contributed by atoms with E-state index in [4.69, 9.17) is 15.7 Å². The molecule has 1 aliphatic rings. The van der Waals surface area contributed by atoms with Gasteiger partial charge in [0, 0.05) is 12.6 Å². The number of oxime groups is 1. The quantitative estimate of drug-likeness (QED) is 0.347. The first-order valence-corrected chi connectivity index (χ1v) is 7.08. The number of rotatable bonds is 7. The maximum atomic E-state index is 8.77. The van der Waals surface area contributed by atoms with Gasteiger partial charge in [0.05, 0.1) is 12.7 Å². The molecule has 5 heteroatoms. The largest absolute Gasteiger partial charge is 0.496 e. The molecule has 0 bridgehead atoms. The van der Waals surface area contributed by atoms with Crippen LogP contribution in [0.4, 0.5) is 0 Å². The molecule has 1 aromatic rings. The van der Waals surface area contributed by atoms with E-state index in [9.17, 15) is 0 Å². The molecule has 1 aromatic carbocycles. The van der Waals surface area contributed by atoms with Crippen molar-refractivity contribution in [2.45, 2.75) is 38.8 Å². The Bertz CT molecular complexity index is 484. The van der Waals surface area contributed by atoms with Crippen LogP contribution in [0.2, 0.25) is 0 Å². The first-order valence-electron chi connectivity index (χ1n) is 7.08. The number of nitrogens with zero attached hydrogens (tertiary/aromatic N) is 2. The van der Waals surface area contributed by atoms with E-state index in [0.717, 1.165) is 25.6 Å². The van der Waals surface area contributed by atoms with Crippen molar-refractivity contribution in [3.05, 3.63) is 29.3 Å². The third-order valence-electron chi connectivity index (χ3n) is 3.61. The number of benzene rings is 1. The molecule has 0 amide bonds. The Labute approximate surface area is 120 Å². The maximum Gasteiger partial charge on any atom is 0.173 e. The van der Waals surface area contributed by atoms with Gasteiger partial charge in [0.15, 0.2) is 5.84 Å². The molecule has 1 fully saturated rings. The fraction of sp³-hybridized carbons (Fsp3) is 0.533. The van der Waals surface area contributed by atoms with Crippen LogP contribution in [0.3, 0.4) is 0 Å². The second-order valence-corrected chi connectivity index (χ2v) is 5.22. The van der Waals surface area contributed by atoms with Crippen LogP contribution in [0.5, 0.6) is 5.75 Å². The van der Waals surface area contributed by atoms with Crippen molar-refractivity contribution in [3.8, 4) is 5.75 Å². The van der Waals surface area contributed by atoms with Crippen LogP contribution in [-0.4, -0.2) is 35.6 Å². The lowest BCUT2D eigenvalue weighted by Gasteiger charge is -2.21. The molecule has 1 saturated carbocycles. The number of nitrogens with two attached hydrogens (primary N) is 1. The van der Waals surface area contributed by atoms with Gasteiger partial charge in [-0.05, 0) is 43.5 Å². The minimum Gasteiger partial charge on any atom is -0.496 e. The van der Waals surface area contributed by atoms with Gasteiger partial charge in [-0.3, -0.25) is 4.90 Å². The monoisotopic (exact) mass is 277 g/mol. The van der Waals surface area contributed by atoms with Crippen molar-refractivity contribution >= 4 is 5.84 Å². The van der Waals surface area contributed by atoms with E-state index in [1.54, 1.807) is 7.11 Å². The third-order valence-corrected chi connectivity index (χ3v) is 3.61. The topological polar surface area (TPSA) is 71.1 Å². The average molecular weight is 277 g/mol. The normalized spacial score (nSPS) is 15.7. The van der Waals surface area contributed by atoms with E-state index in [2.05, 4.69) is 17.0 Å². The fourth-order valence-corrected chi connectivity index (χ4v) is 2.45. The summed E-state index contributed by atoms with van der Waals surface area (Å²) >= 11 is 0. The van der Waals surface area contributed by atoms with Gasteiger partial charge in [-0.1, -0.05) is 18.1 Å². The molecule has 0 saturated heterocycles. The highest BCUT2D eigenvalue weighted by molar-refractivity contribution is 5.99. The van der Waals surface area contributed by atoms with Crippen molar-refractivity contribution in [2.75, 3.05) is 13.7 Å². The lowest BCUT2D eigenvalue weighted by molar-refractivity contribution is 0.255. The van der Waals surface area contributed by atoms with E-state index in [0.29, 0.717) is 11.3 Å². The van der Waals surface area contributed by atoms with Gasteiger partial charge in [0.1, 0.15) is 5.75 Å². The molecular formula is C15H23N3O2. The predicted octanol–water partition coefficient (Wildman–Crippen LogP) is 2.16. The summed E-state index contributed by atoms with van der Waals surface area (Å²) in [6.07, 6.45) is 3.77. The highest BCUT2D eigenvalue weighted by Gasteiger charge is 2.28. The molecular weight excluding hydrogens is 254 g/mol. The summed E-state index contributed by atoms with van der Waals surface area (Å²) in [6, 6.07) is 6.57. The zero-order valence-electron chi connectivity index (χ0n) is 12.2. The summed E-state index contributed by atoms with van der Waals surface area (Å²) in [4.78, 5) is 2.51. The molecule has 20 heavy (non-hydrogen) atoms. The van der Waals surface area contributed by atoms with Gasteiger partial charge in [-0.15, -0.1) is 0 Å². The maximum absolute atomic E-state index is 8.77. The van der Waals surface area contributed by atoms with Gasteiger partial charge in [-0.2, -0.15) is 0 Å². The third kappa shape index (κ3) is 3.42. The van der Waals surface area contributed by atoms with Gasteiger partial charge >= 0.3 is 0 Å². The molecule has 3 N–H and O–H groups in total. The highest BCUT2D eigenvalue weighted by Crippen LogP contribution is 2.29. The summed E-state index contributed by atoms with van der Waals surface area (Å²) in [7, 11) is 1.60. The Balaban J connectivity index is 2.16. The summed E-state index contributed by atoms with van der Waals surface area (Å²) in [5, 5.41) is 11.8. The number of amidine groups is 1. The summed E-state index contributed by atoms with van der Waals surface area (Å²) in [5.74, 6) is 0.714. The van der Waals surface area contributed by atoms with Crippen LogP contribution in [0.1, 0.15) is 37.3 Å². The smallest absolute Gasteiger partial charge is 0.173 e. The number of hydrogen-bond donors (Lipinski definition) is 2. The van der Waals surface area contributed by atoms with E-state index in [-0.39, 0.29) is 5.84 Å². The first kappa shape index (κ1) is 14.7. The van der Waals surface area contributed by atoms with E-state index in [1.807, 2.05) is 18.2 Å². The Kier molecular flexibility index (Phi) is 4.84. The molecule has 5 nitrogen and oxygen atoms in total. The van der Waals surface area contributed by atoms with Crippen LogP contribution in [0, 0.1) is 0 Å². The summed E-state index contributed by atoms with van der Waals surface area (Å²) in [5.41, 5.74) is 7.45. The molecule has 0 aliphatic heterocycles. The summed E-state index contributed by atoms with van der Waals surface area (Å²) < 4.78 is 5.34. The van der Waals surface area contributed by atoms with Crippen molar-refractivity contribution in [1.82, 2.24) is 4.90 Å². The Morgan fingerprint density at radius 2 is 2.25 bits per heavy atom. The number of hydrogen-bond acceptors (Lipinski definition) is 4. The number of ether oxygens (including phenoxy) is 1. The standard InChI is InChI=1S/C15H23N3O2/c1-3-8-18(12-5-6-12)10-11-4-7-13(15(16)17-19)14(9-11)20-2/h4,7,9,12,19H,3,5-6,8,10H2,1-2H3,(H2,16,17). The minimum absolute atomic E-state index is 0.0704. The molecule has 1 aliphatic carbocycles. The van der Waals surface area contributed by atoms with E-state index < -0.39 is 0 Å². The second kappa shape index (κ2) is 6.61. The molecule has 0 spiro atoms. The van der Waals surface area contributed by atoms with Gasteiger partial charge in [-0.25, -0.2) is 0 Å². The Morgan fingerprint density at radius 3 is 2.80 bits per heavy atom. The van der Waals surface area contributed by atoms with Gasteiger partial charge in [0.25, 0.3) is 0 Å². The molecule has 0 aromatic heterocycles. The highest BCUT2D eigenvalue weighted by atomic mass is 16.5. The zero-order chi connectivity index (χ0) is 14.5. The van der Waals surface area contributed by atoms with Crippen LogP contribution >= 0.6 is 0 Å². The van der Waals surface area contributed by atoms with Crippen LogP contribution in [0.25, 0.3) is 0 Å². The molecule has 110 valence electrons. The minimum atomic E-state index is 0.0704. The second-order valence-electron chi connectivity index (χ2n) is 5.22. The molecule has 0 unspecified atom stereocenters. The van der Waals surface area contributed by atoms with Crippen molar-refractivity contribution in [3.63, 3.8) is 0 Å². The Hall–Kier alpha value is -1.75. The lowest BCUT2D eigenvalue weighted by Crippen LogP contribution is -2.26. The summed E-state index contributed by atoms with van der Waals surface area (Å²) in [6.45, 7) is 4.25. The van der Waals surface area contributed by atoms with Crippen LogP contribution < -0.4 is 10.5 Å². The van der Waals surface area contributed by atoms with Crippen molar-refractivity contribution in [2.24, 2.45) is 10.9 Å². The van der Waals surface area contributed by atoms with Gasteiger partial charge < -0.3 is 15.7 Å². The average Bonchev–Trinajstić information content (AvgIpc) is 3.30. The molecule has 2 rings (SSSR count). The first-order chi connectivity index (χ1) is 9.69. The van der Waals surface area contributed by atoms with Crippen LogP contribution in [0.15, 0.2) is 23.4 Å². The SMILES string of the molecule is CCCN(Cc1ccc(/C(N)=N/O)c(OC)c1)C1CC1. The van der Waals surface area contributed by atoms with Crippen molar-refractivity contribution < 1.29 is 9.94 Å². The molecule has 0 radical (unpaired) electrons. The lowest BCUT2D eigenvalue weighted by atomic mass is 10.1. The Morgan fingerprint density at radius 1 is 1.50 bits per heavy atom. The predicted molar refractivity (Wildman–Crippen MR) is 79.2 cm³/mol. The van der Waals surface area contributed by atoms with E-state index >= 15 is 0 Å². The molecule has 0 atom stereocenters. The van der Waals surface area contributed by atoms with Crippen molar-refractivity contribution in [1.29, 1.82) is 0 Å². The fourth-order valence-electron chi connectivity index (χ4n) is 2.45.